The predicted molar refractivity (Wildman–Crippen MR) is 118 cm³/mol. The molecule has 2 aliphatic heterocycles. The van der Waals surface area contributed by atoms with Gasteiger partial charge >= 0.3 is 0 Å². The van der Waals surface area contributed by atoms with Crippen molar-refractivity contribution in [3.63, 3.8) is 0 Å². The summed E-state index contributed by atoms with van der Waals surface area (Å²) in [5.41, 5.74) is 1.24. The number of nitrogens with one attached hydrogen (secondary N) is 1. The summed E-state index contributed by atoms with van der Waals surface area (Å²) >= 11 is 12.2. The van der Waals surface area contributed by atoms with E-state index < -0.39 is 6.17 Å². The number of likely N-dealkylation sites (N-methyl/N-ethyl adjacent to an activating group) is 1. The normalized spacial score (nSPS) is 20.4. The first-order valence-electron chi connectivity index (χ1n) is 9.27. The van der Waals surface area contributed by atoms with Crippen LogP contribution < -0.4 is 5.32 Å². The highest BCUT2D eigenvalue weighted by molar-refractivity contribution is 6.42. The van der Waals surface area contributed by atoms with E-state index in [1.54, 1.807) is 0 Å². The third-order valence-electron chi connectivity index (χ3n) is 5.57. The maximum absolute atomic E-state index is 13.3. The fourth-order valence-corrected chi connectivity index (χ4v) is 4.23. The number of benzene rings is 1. The van der Waals surface area contributed by atoms with Crippen LogP contribution in [0.5, 0.6) is 0 Å². The van der Waals surface area contributed by atoms with E-state index in [0.29, 0.717) is 34.8 Å². The first-order valence-corrected chi connectivity index (χ1v) is 10.0. The van der Waals surface area contributed by atoms with Gasteiger partial charge in [0.2, 0.25) is 0 Å². The molecular weight excluding hydrogens is 431 g/mol. The summed E-state index contributed by atoms with van der Waals surface area (Å²) in [6.07, 6.45) is 1.93. The van der Waals surface area contributed by atoms with Gasteiger partial charge in [0.05, 0.1) is 10.0 Å². The van der Waals surface area contributed by atoms with Gasteiger partial charge in [0, 0.05) is 38.8 Å². The average Bonchev–Trinajstić information content (AvgIpc) is 2.56. The van der Waals surface area contributed by atoms with Crippen LogP contribution in [-0.4, -0.2) is 68.3 Å². The monoisotopic (exact) mass is 459 g/mol. The third-order valence-corrected chi connectivity index (χ3v) is 6.31. The number of rotatable bonds is 7. The molecule has 1 atom stereocenters. The molecule has 2 saturated heterocycles. The molecule has 1 aromatic rings. The summed E-state index contributed by atoms with van der Waals surface area (Å²) in [5, 5.41) is 4.52. The molecular formula is C19H30Cl4FN3. The predicted octanol–water partition coefficient (Wildman–Crippen LogP) is 4.65. The molecule has 1 aromatic carbocycles. The van der Waals surface area contributed by atoms with Crippen molar-refractivity contribution in [1.29, 1.82) is 0 Å². The van der Waals surface area contributed by atoms with Crippen molar-refractivity contribution in [3.8, 4) is 0 Å². The van der Waals surface area contributed by atoms with Crippen LogP contribution in [-0.2, 0) is 0 Å². The third kappa shape index (κ3) is 6.88. The largest absolute Gasteiger partial charge is 0.319 e. The van der Waals surface area contributed by atoms with Gasteiger partial charge < -0.3 is 10.2 Å². The number of alkyl halides is 1. The quantitative estimate of drug-likeness (QED) is 0.638. The van der Waals surface area contributed by atoms with E-state index in [0.717, 1.165) is 45.7 Å². The topological polar surface area (TPSA) is 18.5 Å². The second-order valence-corrected chi connectivity index (χ2v) is 8.16. The van der Waals surface area contributed by atoms with Crippen LogP contribution in [0.3, 0.4) is 0 Å². The first kappa shape index (κ1) is 25.2. The Bertz CT molecular complexity index is 564. The van der Waals surface area contributed by atoms with Crippen LogP contribution in [0.2, 0.25) is 10.0 Å². The summed E-state index contributed by atoms with van der Waals surface area (Å²) in [4.78, 5) is 4.98. The minimum atomic E-state index is -0.582. The van der Waals surface area contributed by atoms with Crippen molar-refractivity contribution < 1.29 is 4.39 Å². The highest BCUT2D eigenvalue weighted by atomic mass is 35.5. The van der Waals surface area contributed by atoms with E-state index >= 15 is 0 Å². The van der Waals surface area contributed by atoms with Gasteiger partial charge in [0.1, 0.15) is 6.17 Å². The summed E-state index contributed by atoms with van der Waals surface area (Å²) < 4.78 is 13.3. The number of hydrogen-bond acceptors (Lipinski definition) is 3. The smallest absolute Gasteiger partial charge is 0.103 e. The Morgan fingerprint density at radius 2 is 1.81 bits per heavy atom. The molecule has 0 aromatic heterocycles. The summed E-state index contributed by atoms with van der Waals surface area (Å²) in [6.45, 7) is 6.09. The zero-order valence-electron chi connectivity index (χ0n) is 15.7. The molecule has 0 spiro atoms. The molecule has 156 valence electrons. The molecule has 2 heterocycles. The van der Waals surface area contributed by atoms with Crippen molar-refractivity contribution in [2.45, 2.75) is 37.4 Å². The number of hydrogen-bond donors (Lipinski definition) is 1. The number of piperidine rings is 1. The summed E-state index contributed by atoms with van der Waals surface area (Å²) in [6, 6.07) is 6.58. The lowest BCUT2D eigenvalue weighted by Crippen LogP contribution is -2.60. The fraction of sp³-hybridized carbons (Fsp3) is 0.684. The molecule has 0 saturated carbocycles. The molecule has 0 unspecified atom stereocenters. The lowest BCUT2D eigenvalue weighted by Gasteiger charge is -2.47. The molecule has 3 nitrogen and oxygen atoms in total. The van der Waals surface area contributed by atoms with Crippen molar-refractivity contribution in [2.24, 2.45) is 0 Å². The molecule has 0 aliphatic carbocycles. The van der Waals surface area contributed by atoms with Gasteiger partial charge in [0.15, 0.2) is 0 Å². The lowest BCUT2D eigenvalue weighted by molar-refractivity contribution is 0.00903. The van der Waals surface area contributed by atoms with Crippen molar-refractivity contribution in [2.75, 3.05) is 46.3 Å². The van der Waals surface area contributed by atoms with Gasteiger partial charge in [-0.25, -0.2) is 4.39 Å². The van der Waals surface area contributed by atoms with Crippen molar-refractivity contribution >= 4 is 48.0 Å². The second-order valence-electron chi connectivity index (χ2n) is 7.34. The number of nitrogens with zero attached hydrogens (tertiary/aromatic N) is 2. The minimum Gasteiger partial charge on any atom is -0.319 e. The average molecular weight is 461 g/mol. The number of likely N-dealkylation sites (tertiary alicyclic amines) is 2. The Hall–Kier alpha value is 0.190. The zero-order valence-corrected chi connectivity index (χ0v) is 18.8. The van der Waals surface area contributed by atoms with Crippen LogP contribution in [0.25, 0.3) is 0 Å². The Labute approximate surface area is 184 Å². The lowest BCUT2D eigenvalue weighted by atomic mass is 9.94. The van der Waals surface area contributed by atoms with Gasteiger partial charge in [0.25, 0.3) is 0 Å². The Morgan fingerprint density at radius 1 is 1.15 bits per heavy atom. The Morgan fingerprint density at radius 3 is 2.41 bits per heavy atom. The van der Waals surface area contributed by atoms with E-state index in [1.807, 2.05) is 19.2 Å². The molecule has 2 fully saturated rings. The standard InChI is InChI=1S/C19H28Cl2FN3.2ClH/c1-23-11-15(14-2-3-18(20)19(21)10-14)4-7-24-12-17(13-24)25-8-5-16(22)6-9-25;;/h2-3,10,15-17,23H,4-9,11-13H2,1H3;2*1H/t15-;;/m1../s1. The maximum Gasteiger partial charge on any atom is 0.103 e. The first-order chi connectivity index (χ1) is 12.1. The number of halogens is 5. The second kappa shape index (κ2) is 12.0. The van der Waals surface area contributed by atoms with Crippen molar-refractivity contribution in [3.05, 3.63) is 33.8 Å². The Kier molecular flexibility index (Phi) is 11.2. The van der Waals surface area contributed by atoms with Gasteiger partial charge in [-0.15, -0.1) is 24.8 Å². The molecule has 3 rings (SSSR count). The molecule has 0 amide bonds. The van der Waals surface area contributed by atoms with E-state index in [1.165, 1.54) is 5.56 Å². The highest BCUT2D eigenvalue weighted by Gasteiger charge is 2.33. The minimum absolute atomic E-state index is 0. The molecule has 1 N–H and O–H groups in total. The van der Waals surface area contributed by atoms with Gasteiger partial charge in [-0.05, 0) is 56.5 Å². The Balaban J connectivity index is 0.00000182. The molecule has 27 heavy (non-hydrogen) atoms. The van der Waals surface area contributed by atoms with E-state index in [2.05, 4.69) is 21.2 Å². The summed E-state index contributed by atoms with van der Waals surface area (Å²) in [7, 11) is 1.98. The van der Waals surface area contributed by atoms with Crippen LogP contribution in [0, 0.1) is 0 Å². The van der Waals surface area contributed by atoms with Gasteiger partial charge in [-0.3, -0.25) is 4.90 Å². The van der Waals surface area contributed by atoms with Crippen LogP contribution in [0.4, 0.5) is 4.39 Å². The van der Waals surface area contributed by atoms with Crippen LogP contribution in [0.15, 0.2) is 18.2 Å². The molecule has 2 aliphatic rings. The van der Waals surface area contributed by atoms with Gasteiger partial charge in [-0.2, -0.15) is 0 Å². The van der Waals surface area contributed by atoms with E-state index in [4.69, 9.17) is 23.2 Å². The maximum atomic E-state index is 13.3. The molecule has 8 heteroatoms. The van der Waals surface area contributed by atoms with E-state index in [9.17, 15) is 4.39 Å². The highest BCUT2D eigenvalue weighted by Crippen LogP contribution is 2.29. The molecule has 0 bridgehead atoms. The van der Waals surface area contributed by atoms with Gasteiger partial charge in [-0.1, -0.05) is 29.3 Å². The zero-order chi connectivity index (χ0) is 17.8. The molecule has 0 radical (unpaired) electrons. The van der Waals surface area contributed by atoms with E-state index in [-0.39, 0.29) is 24.8 Å². The van der Waals surface area contributed by atoms with Crippen LogP contribution in [0.1, 0.15) is 30.7 Å². The van der Waals surface area contributed by atoms with Crippen LogP contribution >= 0.6 is 48.0 Å². The SMILES string of the molecule is CNC[C@@H](CCN1CC(N2CCC(F)CC2)C1)c1ccc(Cl)c(Cl)c1.Cl.Cl. The summed E-state index contributed by atoms with van der Waals surface area (Å²) in [5.74, 6) is 0.432. The fourth-order valence-electron chi connectivity index (χ4n) is 3.93. The van der Waals surface area contributed by atoms with Crippen molar-refractivity contribution in [1.82, 2.24) is 15.1 Å².